The van der Waals surface area contributed by atoms with Crippen molar-refractivity contribution in [3.05, 3.63) is 42.6 Å². The number of hydrogen-bond acceptors (Lipinski definition) is 11. The van der Waals surface area contributed by atoms with Gasteiger partial charge in [-0.25, -0.2) is 9.59 Å². The predicted octanol–water partition coefficient (Wildman–Crippen LogP) is -0.0627. The van der Waals surface area contributed by atoms with Crippen LogP contribution in [0.4, 0.5) is 4.79 Å². The van der Waals surface area contributed by atoms with Gasteiger partial charge in [-0.05, 0) is 18.2 Å². The van der Waals surface area contributed by atoms with Crippen LogP contribution in [-0.4, -0.2) is 71.6 Å². The first kappa shape index (κ1) is 25.6. The highest BCUT2D eigenvalue weighted by atomic mass is 16.7. The zero-order valence-electron chi connectivity index (χ0n) is 19.2. The SMILES string of the molecule is CC(=O)OC[C@H]1O[C@@H](N2C=CC(N)(C(=O)Oc3ccccc3)NC2=O)[C@H](OC(C)=O)[C@@H]1OC(C)=O. The number of esters is 4. The maximum absolute atomic E-state index is 12.9. The van der Waals surface area contributed by atoms with Crippen LogP contribution in [0.25, 0.3) is 0 Å². The van der Waals surface area contributed by atoms with Gasteiger partial charge in [0.15, 0.2) is 18.4 Å². The van der Waals surface area contributed by atoms with Crippen LogP contribution in [0.1, 0.15) is 20.8 Å². The Morgan fingerprint density at radius 3 is 2.23 bits per heavy atom. The molecule has 2 amide bonds. The van der Waals surface area contributed by atoms with Crippen LogP contribution in [0, 0.1) is 0 Å². The molecule has 1 saturated heterocycles. The molecule has 2 heterocycles. The first-order valence-corrected chi connectivity index (χ1v) is 10.5. The number of rotatable bonds is 7. The number of amides is 2. The zero-order valence-corrected chi connectivity index (χ0v) is 19.2. The topological polar surface area (TPSA) is 173 Å². The van der Waals surface area contributed by atoms with Crippen LogP contribution in [0.15, 0.2) is 42.6 Å². The molecule has 2 aliphatic rings. The minimum absolute atomic E-state index is 0.221. The molecule has 5 atom stereocenters. The summed E-state index contributed by atoms with van der Waals surface area (Å²) < 4.78 is 26.5. The van der Waals surface area contributed by atoms with Gasteiger partial charge >= 0.3 is 29.9 Å². The third-order valence-electron chi connectivity index (χ3n) is 4.95. The molecular formula is C22H25N3O10. The lowest BCUT2D eigenvalue weighted by atomic mass is 10.1. The van der Waals surface area contributed by atoms with Gasteiger partial charge in [-0.2, -0.15) is 0 Å². The predicted molar refractivity (Wildman–Crippen MR) is 115 cm³/mol. The minimum atomic E-state index is -2.01. The highest BCUT2D eigenvalue weighted by Gasteiger charge is 2.54. The molecule has 1 aromatic rings. The Balaban J connectivity index is 1.84. The van der Waals surface area contributed by atoms with Gasteiger partial charge in [0.1, 0.15) is 18.5 Å². The molecule has 188 valence electrons. The van der Waals surface area contributed by atoms with E-state index in [1.807, 2.05) is 0 Å². The fourth-order valence-corrected chi connectivity index (χ4v) is 3.46. The minimum Gasteiger partial charge on any atom is -0.463 e. The summed E-state index contributed by atoms with van der Waals surface area (Å²) in [7, 11) is 0. The Hall–Kier alpha value is -3.97. The number of carbonyl (C=O) groups excluding carboxylic acids is 5. The molecule has 0 aliphatic carbocycles. The summed E-state index contributed by atoms with van der Waals surface area (Å²) >= 11 is 0. The quantitative estimate of drug-likeness (QED) is 0.297. The fourth-order valence-electron chi connectivity index (χ4n) is 3.46. The van der Waals surface area contributed by atoms with E-state index in [9.17, 15) is 24.0 Å². The lowest BCUT2D eigenvalue weighted by Crippen LogP contribution is -2.67. The van der Waals surface area contributed by atoms with Gasteiger partial charge in [-0.3, -0.25) is 25.0 Å². The van der Waals surface area contributed by atoms with Gasteiger partial charge in [-0.1, -0.05) is 18.2 Å². The van der Waals surface area contributed by atoms with Crippen molar-refractivity contribution >= 4 is 29.9 Å². The lowest BCUT2D eigenvalue weighted by Gasteiger charge is -2.36. The molecule has 0 saturated carbocycles. The van der Waals surface area contributed by atoms with E-state index >= 15 is 0 Å². The number of nitrogens with one attached hydrogen (secondary N) is 1. The Labute approximate surface area is 200 Å². The second-order valence-electron chi connectivity index (χ2n) is 7.74. The number of nitrogens with zero attached hydrogens (tertiary/aromatic N) is 1. The van der Waals surface area contributed by atoms with E-state index in [0.29, 0.717) is 0 Å². The standard InChI is InChI=1S/C22H25N3O10/c1-12(26)31-11-16-17(32-13(2)27)18(33-14(3)28)19(35-16)25-10-9-22(23,24-21(25)30)20(29)34-15-7-5-4-6-8-15/h4-10,16-19H,11,23H2,1-3H3,(H,24,30)/t16-,17-,18-,19-,22?/m1/s1. The first-order chi connectivity index (χ1) is 16.5. The van der Waals surface area contributed by atoms with Gasteiger partial charge in [0.25, 0.3) is 0 Å². The number of hydrogen-bond donors (Lipinski definition) is 2. The van der Waals surface area contributed by atoms with Crippen LogP contribution in [0.3, 0.4) is 0 Å². The third-order valence-corrected chi connectivity index (χ3v) is 4.95. The third kappa shape index (κ3) is 6.13. The molecule has 35 heavy (non-hydrogen) atoms. The van der Waals surface area contributed by atoms with Crippen molar-refractivity contribution in [2.45, 2.75) is 51.0 Å². The number of para-hydroxylation sites is 1. The van der Waals surface area contributed by atoms with Crippen molar-refractivity contribution < 1.29 is 47.7 Å². The summed E-state index contributed by atoms with van der Waals surface area (Å²) in [5.74, 6) is -2.81. The van der Waals surface area contributed by atoms with E-state index in [4.69, 9.17) is 29.4 Å². The van der Waals surface area contributed by atoms with Crippen molar-refractivity contribution in [3.63, 3.8) is 0 Å². The summed E-state index contributed by atoms with van der Waals surface area (Å²) in [5, 5.41) is 2.32. The van der Waals surface area contributed by atoms with Gasteiger partial charge in [0.2, 0.25) is 5.66 Å². The van der Waals surface area contributed by atoms with Crippen LogP contribution in [0.5, 0.6) is 5.75 Å². The number of ether oxygens (including phenoxy) is 5. The second-order valence-corrected chi connectivity index (χ2v) is 7.74. The number of benzene rings is 1. The Kier molecular flexibility index (Phi) is 7.71. The molecule has 3 rings (SSSR count). The second kappa shape index (κ2) is 10.5. The van der Waals surface area contributed by atoms with Crippen molar-refractivity contribution in [2.75, 3.05) is 6.61 Å². The number of urea groups is 1. The smallest absolute Gasteiger partial charge is 0.356 e. The van der Waals surface area contributed by atoms with E-state index < -0.39 is 60.1 Å². The van der Waals surface area contributed by atoms with Crippen LogP contribution in [-0.2, 0) is 38.1 Å². The molecule has 1 fully saturated rings. The number of nitrogens with two attached hydrogens (primary N) is 1. The van der Waals surface area contributed by atoms with E-state index in [0.717, 1.165) is 31.0 Å². The summed E-state index contributed by atoms with van der Waals surface area (Å²) in [4.78, 5) is 61.2. The van der Waals surface area contributed by atoms with E-state index in [1.54, 1.807) is 18.2 Å². The molecule has 13 heteroatoms. The molecule has 0 bridgehead atoms. The van der Waals surface area contributed by atoms with Gasteiger partial charge < -0.3 is 29.0 Å². The summed E-state index contributed by atoms with van der Waals surface area (Å²) in [6, 6.07) is 7.22. The summed E-state index contributed by atoms with van der Waals surface area (Å²) in [6.07, 6.45) is -2.54. The molecular weight excluding hydrogens is 466 g/mol. The Bertz CT molecular complexity index is 1030. The average Bonchev–Trinajstić information content (AvgIpc) is 3.08. The summed E-state index contributed by atoms with van der Waals surface area (Å²) in [6.45, 7) is 3.09. The van der Waals surface area contributed by atoms with Crippen LogP contribution >= 0.6 is 0 Å². The maximum atomic E-state index is 12.9. The Morgan fingerprint density at radius 1 is 1.03 bits per heavy atom. The normalized spacial score (nSPS) is 27.5. The summed E-state index contributed by atoms with van der Waals surface area (Å²) in [5.41, 5.74) is 4.04. The Morgan fingerprint density at radius 2 is 1.66 bits per heavy atom. The molecule has 0 aromatic heterocycles. The molecule has 2 aliphatic heterocycles. The molecule has 13 nitrogen and oxygen atoms in total. The van der Waals surface area contributed by atoms with E-state index in [1.165, 1.54) is 19.1 Å². The zero-order chi connectivity index (χ0) is 25.8. The molecule has 1 unspecified atom stereocenters. The van der Waals surface area contributed by atoms with E-state index in [-0.39, 0.29) is 12.4 Å². The van der Waals surface area contributed by atoms with Crippen molar-refractivity contribution in [1.29, 1.82) is 0 Å². The van der Waals surface area contributed by atoms with Crippen molar-refractivity contribution in [2.24, 2.45) is 5.73 Å². The fraction of sp³-hybridized carbons (Fsp3) is 0.409. The molecule has 0 radical (unpaired) electrons. The monoisotopic (exact) mass is 491 g/mol. The van der Waals surface area contributed by atoms with Gasteiger partial charge in [0.05, 0.1) is 0 Å². The largest absolute Gasteiger partial charge is 0.463 e. The maximum Gasteiger partial charge on any atom is 0.356 e. The highest BCUT2D eigenvalue weighted by Crippen LogP contribution is 2.31. The molecule has 1 aromatic carbocycles. The molecule has 3 N–H and O–H groups in total. The number of carbonyl (C=O) groups is 5. The van der Waals surface area contributed by atoms with Crippen molar-refractivity contribution in [3.8, 4) is 5.75 Å². The average molecular weight is 491 g/mol. The van der Waals surface area contributed by atoms with Gasteiger partial charge in [-0.15, -0.1) is 0 Å². The molecule has 0 spiro atoms. The van der Waals surface area contributed by atoms with Crippen LogP contribution < -0.4 is 15.8 Å². The van der Waals surface area contributed by atoms with Crippen LogP contribution in [0.2, 0.25) is 0 Å². The highest BCUT2D eigenvalue weighted by molar-refractivity contribution is 5.92. The van der Waals surface area contributed by atoms with Gasteiger partial charge in [0, 0.05) is 27.0 Å². The van der Waals surface area contributed by atoms with E-state index in [2.05, 4.69) is 5.32 Å². The lowest BCUT2D eigenvalue weighted by molar-refractivity contribution is -0.166. The van der Waals surface area contributed by atoms with Crippen molar-refractivity contribution in [1.82, 2.24) is 10.2 Å². The first-order valence-electron chi connectivity index (χ1n) is 10.5.